The smallest absolute Gasteiger partial charge is 0.119 e. The van der Waals surface area contributed by atoms with Crippen LogP contribution in [-0.2, 0) is 16.4 Å². The van der Waals surface area contributed by atoms with E-state index >= 15 is 0 Å². The molecule has 2 aliphatic heterocycles. The van der Waals surface area contributed by atoms with Crippen LogP contribution in [0.2, 0.25) is 0 Å². The van der Waals surface area contributed by atoms with Crippen LogP contribution in [-0.4, -0.2) is 25.9 Å². The summed E-state index contributed by atoms with van der Waals surface area (Å²) in [6.45, 7) is 4.00. The van der Waals surface area contributed by atoms with Crippen molar-refractivity contribution in [1.82, 2.24) is 0 Å². The summed E-state index contributed by atoms with van der Waals surface area (Å²) in [5.74, 6) is 0.830. The molecular weight excluding hydrogens is 284 g/mol. The molecular formula is C17H24O3S. The highest BCUT2D eigenvalue weighted by atomic mass is 32.2. The molecule has 4 heteroatoms. The lowest BCUT2D eigenvalue weighted by molar-refractivity contribution is 0.00649. The topological polar surface area (TPSA) is 46.5 Å². The maximum Gasteiger partial charge on any atom is 0.119 e. The van der Waals surface area contributed by atoms with Crippen molar-refractivity contribution >= 4 is 10.8 Å². The van der Waals surface area contributed by atoms with Gasteiger partial charge in [-0.25, -0.2) is 0 Å². The summed E-state index contributed by atoms with van der Waals surface area (Å²) in [6, 6.07) is 7.77. The fourth-order valence-corrected chi connectivity index (χ4v) is 5.86. The van der Waals surface area contributed by atoms with E-state index in [1.165, 1.54) is 0 Å². The number of aliphatic hydroxyl groups is 1. The van der Waals surface area contributed by atoms with Crippen LogP contribution >= 0.6 is 0 Å². The van der Waals surface area contributed by atoms with Gasteiger partial charge in [0.15, 0.2) is 0 Å². The standard InChI is InChI=1S/C17H24O3S/c1-12(2)20-14-8-6-13(7-9-14)17(18)10-15-4-3-5-16(11-17)21(15)19/h6-9,12,15-16,18H,3-5,10-11H2,1-2H3. The third kappa shape index (κ3) is 3.02. The van der Waals surface area contributed by atoms with Crippen molar-refractivity contribution in [1.29, 1.82) is 0 Å². The van der Waals surface area contributed by atoms with Crippen molar-refractivity contribution in [3.05, 3.63) is 29.8 Å². The highest BCUT2D eigenvalue weighted by Crippen LogP contribution is 2.44. The second kappa shape index (κ2) is 5.73. The minimum Gasteiger partial charge on any atom is -0.491 e. The second-order valence-electron chi connectivity index (χ2n) is 6.63. The summed E-state index contributed by atoms with van der Waals surface area (Å²) in [6.07, 6.45) is 4.52. The van der Waals surface area contributed by atoms with Crippen molar-refractivity contribution < 1.29 is 14.1 Å². The number of benzene rings is 1. The van der Waals surface area contributed by atoms with Gasteiger partial charge in [0, 0.05) is 21.3 Å². The van der Waals surface area contributed by atoms with E-state index in [0.717, 1.165) is 30.6 Å². The monoisotopic (exact) mass is 308 g/mol. The Morgan fingerprint density at radius 2 is 1.76 bits per heavy atom. The van der Waals surface area contributed by atoms with Crippen LogP contribution in [0, 0.1) is 0 Å². The summed E-state index contributed by atoms with van der Waals surface area (Å²) < 4.78 is 17.9. The number of rotatable bonds is 3. The maximum absolute atomic E-state index is 12.3. The summed E-state index contributed by atoms with van der Waals surface area (Å²) in [7, 11) is -0.753. The molecule has 2 heterocycles. The van der Waals surface area contributed by atoms with Gasteiger partial charge in [-0.3, -0.25) is 4.21 Å². The van der Waals surface area contributed by atoms with Gasteiger partial charge >= 0.3 is 0 Å². The number of ether oxygens (including phenoxy) is 1. The maximum atomic E-state index is 12.3. The first-order valence-corrected chi connectivity index (χ1v) is 9.14. The molecule has 1 aromatic carbocycles. The van der Waals surface area contributed by atoms with Gasteiger partial charge in [-0.15, -0.1) is 0 Å². The second-order valence-corrected chi connectivity index (χ2v) is 8.62. The zero-order chi connectivity index (χ0) is 15.0. The van der Waals surface area contributed by atoms with E-state index < -0.39 is 16.4 Å². The lowest BCUT2D eigenvalue weighted by atomic mass is 9.80. The van der Waals surface area contributed by atoms with E-state index in [0.29, 0.717) is 12.8 Å². The van der Waals surface area contributed by atoms with Crippen molar-refractivity contribution in [2.24, 2.45) is 0 Å². The summed E-state index contributed by atoms with van der Waals surface area (Å²) in [5, 5.41) is 11.4. The predicted octanol–water partition coefficient (Wildman–Crippen LogP) is 3.13. The van der Waals surface area contributed by atoms with Gasteiger partial charge in [0.05, 0.1) is 11.7 Å². The lowest BCUT2D eigenvalue weighted by Crippen LogP contribution is -2.47. The van der Waals surface area contributed by atoms with E-state index in [-0.39, 0.29) is 16.6 Å². The zero-order valence-corrected chi connectivity index (χ0v) is 13.6. The third-order valence-corrected chi connectivity index (χ3v) is 6.72. The average Bonchev–Trinajstić information content (AvgIpc) is 2.41. The molecule has 0 aromatic heterocycles. The molecule has 2 saturated heterocycles. The van der Waals surface area contributed by atoms with Gasteiger partial charge < -0.3 is 9.84 Å². The summed E-state index contributed by atoms with van der Waals surface area (Å²) in [5.41, 5.74) is 0.118. The van der Waals surface area contributed by atoms with Crippen LogP contribution in [0.4, 0.5) is 0 Å². The first-order chi connectivity index (χ1) is 9.98. The third-order valence-electron chi connectivity index (χ3n) is 4.60. The van der Waals surface area contributed by atoms with Gasteiger partial charge in [-0.1, -0.05) is 18.6 Å². The molecule has 116 valence electrons. The Labute approximate surface area is 129 Å². The van der Waals surface area contributed by atoms with E-state index in [4.69, 9.17) is 4.74 Å². The van der Waals surface area contributed by atoms with Crippen LogP contribution in [0.5, 0.6) is 5.75 Å². The van der Waals surface area contributed by atoms with Gasteiger partial charge in [-0.05, 0) is 57.2 Å². The van der Waals surface area contributed by atoms with Crippen molar-refractivity contribution in [3.63, 3.8) is 0 Å². The van der Waals surface area contributed by atoms with E-state index in [9.17, 15) is 9.32 Å². The molecule has 2 bridgehead atoms. The summed E-state index contributed by atoms with van der Waals surface area (Å²) >= 11 is 0. The van der Waals surface area contributed by atoms with Crippen molar-refractivity contribution in [2.75, 3.05) is 0 Å². The molecule has 2 atom stereocenters. The van der Waals surface area contributed by atoms with E-state index in [1.807, 2.05) is 38.1 Å². The molecule has 1 aromatic rings. The molecule has 1 N–H and O–H groups in total. The summed E-state index contributed by atoms with van der Waals surface area (Å²) in [4.78, 5) is 0. The van der Waals surface area contributed by atoms with Crippen molar-refractivity contribution in [3.8, 4) is 5.75 Å². The lowest BCUT2D eigenvalue weighted by Gasteiger charge is -2.43. The normalized spacial score (nSPS) is 35.7. The Balaban J connectivity index is 1.80. The molecule has 0 saturated carbocycles. The highest BCUT2D eigenvalue weighted by molar-refractivity contribution is 7.86. The first kappa shape index (κ1) is 15.0. The van der Waals surface area contributed by atoms with Gasteiger partial charge in [0.25, 0.3) is 0 Å². The number of hydrogen-bond acceptors (Lipinski definition) is 3. The van der Waals surface area contributed by atoms with Crippen LogP contribution in [0.3, 0.4) is 0 Å². The molecule has 2 unspecified atom stereocenters. The van der Waals surface area contributed by atoms with Crippen molar-refractivity contribution in [2.45, 2.75) is 68.2 Å². The molecule has 0 radical (unpaired) electrons. The first-order valence-electron chi connectivity index (χ1n) is 7.87. The SMILES string of the molecule is CC(C)Oc1ccc(C2(O)CC3CCCC(C2)S3=O)cc1. The van der Waals surface area contributed by atoms with E-state index in [1.54, 1.807) is 0 Å². The molecule has 2 fully saturated rings. The Morgan fingerprint density at radius 1 is 1.19 bits per heavy atom. The Hall–Kier alpha value is -0.870. The zero-order valence-electron chi connectivity index (χ0n) is 12.7. The molecule has 3 rings (SSSR count). The van der Waals surface area contributed by atoms with E-state index in [2.05, 4.69) is 0 Å². The largest absolute Gasteiger partial charge is 0.491 e. The van der Waals surface area contributed by atoms with Gasteiger partial charge in [0.2, 0.25) is 0 Å². The molecule has 0 amide bonds. The molecule has 0 aliphatic carbocycles. The minimum absolute atomic E-state index is 0.149. The fraction of sp³-hybridized carbons (Fsp3) is 0.647. The van der Waals surface area contributed by atoms with Crippen LogP contribution in [0.15, 0.2) is 24.3 Å². The number of fused-ring (bicyclic) bond motifs is 2. The van der Waals surface area contributed by atoms with Crippen LogP contribution < -0.4 is 4.74 Å². The number of hydrogen-bond donors (Lipinski definition) is 1. The quantitative estimate of drug-likeness (QED) is 0.933. The molecule has 0 spiro atoms. The van der Waals surface area contributed by atoms with Crippen LogP contribution in [0.25, 0.3) is 0 Å². The Kier molecular flexibility index (Phi) is 4.10. The van der Waals surface area contributed by atoms with Gasteiger partial charge in [-0.2, -0.15) is 0 Å². The van der Waals surface area contributed by atoms with Crippen LogP contribution in [0.1, 0.15) is 51.5 Å². The Bertz CT molecular complexity index is 507. The molecule has 3 nitrogen and oxygen atoms in total. The average molecular weight is 308 g/mol. The minimum atomic E-state index is -0.819. The fourth-order valence-electron chi connectivity index (χ4n) is 3.63. The molecule has 2 aliphatic rings. The molecule has 21 heavy (non-hydrogen) atoms. The van der Waals surface area contributed by atoms with Gasteiger partial charge in [0.1, 0.15) is 5.75 Å². The highest BCUT2D eigenvalue weighted by Gasteiger charge is 2.46. The predicted molar refractivity (Wildman–Crippen MR) is 84.9 cm³/mol. The Morgan fingerprint density at radius 3 is 2.29 bits per heavy atom.